The van der Waals surface area contributed by atoms with Gasteiger partial charge in [0.15, 0.2) is 0 Å². The summed E-state index contributed by atoms with van der Waals surface area (Å²) in [5, 5.41) is 9.21. The molecule has 1 atom stereocenters. The predicted octanol–water partition coefficient (Wildman–Crippen LogP) is 4.91. The first kappa shape index (κ1) is 27.2. The molecule has 3 rings (SSSR count). The van der Waals surface area contributed by atoms with Crippen LogP contribution in [0.25, 0.3) is 0 Å². The van der Waals surface area contributed by atoms with Crippen LogP contribution in [0, 0.1) is 5.92 Å². The average Bonchev–Trinajstić information content (AvgIpc) is 2.80. The van der Waals surface area contributed by atoms with Crippen molar-refractivity contribution in [3.05, 3.63) is 29.6 Å². The molecule has 2 aliphatic carbocycles. The molecule has 0 spiro atoms. The topological polar surface area (TPSA) is 100 Å². The zero-order valence-electron chi connectivity index (χ0n) is 21.6. The monoisotopic (exact) mass is 484 g/mol. The minimum Gasteiger partial charge on any atom is -0.352 e. The third-order valence-corrected chi connectivity index (χ3v) is 7.44. The highest BCUT2D eigenvalue weighted by Gasteiger charge is 2.28. The van der Waals surface area contributed by atoms with E-state index < -0.39 is 11.9 Å². The lowest BCUT2D eigenvalue weighted by atomic mass is 9.95. The van der Waals surface area contributed by atoms with Crippen LogP contribution < -0.4 is 16.0 Å². The first-order chi connectivity index (χ1) is 17.0. The molecule has 35 heavy (non-hydrogen) atoms. The van der Waals surface area contributed by atoms with Gasteiger partial charge in [0.1, 0.15) is 6.04 Å². The van der Waals surface area contributed by atoms with Gasteiger partial charge in [-0.05, 0) is 37.7 Å². The molecule has 2 saturated carbocycles. The lowest BCUT2D eigenvalue weighted by molar-refractivity contribution is -0.124. The van der Waals surface area contributed by atoms with Crippen LogP contribution >= 0.6 is 0 Å². The van der Waals surface area contributed by atoms with E-state index in [1.54, 1.807) is 6.07 Å². The van der Waals surface area contributed by atoms with Crippen molar-refractivity contribution in [1.29, 1.82) is 0 Å². The van der Waals surface area contributed by atoms with Gasteiger partial charge in [-0.25, -0.2) is 0 Å². The van der Waals surface area contributed by atoms with Crippen molar-refractivity contribution >= 4 is 17.7 Å². The van der Waals surface area contributed by atoms with Crippen molar-refractivity contribution in [2.75, 3.05) is 0 Å². The van der Waals surface area contributed by atoms with Gasteiger partial charge in [-0.3, -0.25) is 19.4 Å². The zero-order chi connectivity index (χ0) is 25.0. The summed E-state index contributed by atoms with van der Waals surface area (Å²) in [4.78, 5) is 43.6. The summed E-state index contributed by atoms with van der Waals surface area (Å²) in [5.41, 5.74) is 0.516. The zero-order valence-corrected chi connectivity index (χ0v) is 21.6. The van der Waals surface area contributed by atoms with Gasteiger partial charge in [0.05, 0.1) is 11.1 Å². The maximum atomic E-state index is 13.3. The standard InChI is InChI=1S/C28H44N4O3/c1-20(2)25(28(35)31-22-15-11-7-4-8-12-16-22)32-26(33)23-17-18-29-19-24(23)27(34)30-21-13-9-5-3-6-10-14-21/h17-22,25H,3-16H2,1-2H3,(H,30,34)(H,31,35)(H,32,33)/t25-/m1/s1. The Morgan fingerprint density at radius 3 is 1.80 bits per heavy atom. The maximum Gasteiger partial charge on any atom is 0.253 e. The first-order valence-electron chi connectivity index (χ1n) is 13.8. The summed E-state index contributed by atoms with van der Waals surface area (Å²) in [6.07, 6.45) is 18.7. The number of nitrogens with zero attached hydrogens (tertiary/aromatic N) is 1. The van der Waals surface area contributed by atoms with Crippen molar-refractivity contribution in [1.82, 2.24) is 20.9 Å². The van der Waals surface area contributed by atoms with E-state index in [0.29, 0.717) is 0 Å². The third-order valence-electron chi connectivity index (χ3n) is 7.44. The van der Waals surface area contributed by atoms with Gasteiger partial charge < -0.3 is 16.0 Å². The Bertz CT molecular complexity index is 825. The normalized spacial score (nSPS) is 19.5. The van der Waals surface area contributed by atoms with Gasteiger partial charge in [0.25, 0.3) is 11.8 Å². The van der Waals surface area contributed by atoms with E-state index in [1.165, 1.54) is 50.9 Å². The van der Waals surface area contributed by atoms with Gasteiger partial charge in [-0.1, -0.05) is 78.1 Å². The summed E-state index contributed by atoms with van der Waals surface area (Å²) in [7, 11) is 0. The third kappa shape index (κ3) is 8.62. The predicted molar refractivity (Wildman–Crippen MR) is 138 cm³/mol. The van der Waals surface area contributed by atoms with Crippen LogP contribution in [0.15, 0.2) is 18.5 Å². The quantitative estimate of drug-likeness (QED) is 0.512. The Balaban J connectivity index is 1.65. The molecule has 1 aromatic rings. The number of aromatic nitrogens is 1. The van der Waals surface area contributed by atoms with Crippen molar-refractivity contribution in [3.63, 3.8) is 0 Å². The molecule has 0 unspecified atom stereocenters. The average molecular weight is 485 g/mol. The van der Waals surface area contributed by atoms with Crippen LogP contribution in [0.3, 0.4) is 0 Å². The number of rotatable bonds is 7. The number of nitrogens with one attached hydrogen (secondary N) is 3. The summed E-state index contributed by atoms with van der Waals surface area (Å²) >= 11 is 0. The van der Waals surface area contributed by atoms with E-state index in [9.17, 15) is 14.4 Å². The Hall–Kier alpha value is -2.44. The van der Waals surface area contributed by atoms with Crippen molar-refractivity contribution < 1.29 is 14.4 Å². The molecule has 2 aliphatic rings. The van der Waals surface area contributed by atoms with Crippen LogP contribution in [0.4, 0.5) is 0 Å². The summed E-state index contributed by atoms with van der Waals surface area (Å²) < 4.78 is 0. The molecule has 194 valence electrons. The molecule has 7 nitrogen and oxygen atoms in total. The number of carbonyl (C=O) groups excluding carboxylic acids is 3. The van der Waals surface area contributed by atoms with Crippen LogP contribution in [0.5, 0.6) is 0 Å². The molecule has 1 heterocycles. The van der Waals surface area contributed by atoms with Crippen LogP contribution in [0.2, 0.25) is 0 Å². The van der Waals surface area contributed by atoms with E-state index in [2.05, 4.69) is 20.9 Å². The molecule has 3 N–H and O–H groups in total. The van der Waals surface area contributed by atoms with Crippen molar-refractivity contribution in [3.8, 4) is 0 Å². The highest BCUT2D eigenvalue weighted by Crippen LogP contribution is 2.19. The molecule has 0 bridgehead atoms. The van der Waals surface area contributed by atoms with Gasteiger partial charge in [0, 0.05) is 24.5 Å². The van der Waals surface area contributed by atoms with Crippen molar-refractivity contribution in [2.45, 2.75) is 122 Å². The summed E-state index contributed by atoms with van der Waals surface area (Å²) in [6.45, 7) is 3.86. The molecule has 2 fully saturated rings. The second kappa shape index (κ2) is 14.2. The van der Waals surface area contributed by atoms with E-state index in [-0.39, 0.29) is 40.9 Å². The van der Waals surface area contributed by atoms with Gasteiger partial charge >= 0.3 is 0 Å². The van der Waals surface area contributed by atoms with Crippen LogP contribution in [-0.4, -0.2) is 40.8 Å². The largest absolute Gasteiger partial charge is 0.352 e. The summed E-state index contributed by atoms with van der Waals surface area (Å²) in [6, 6.07) is 1.18. The second-order valence-corrected chi connectivity index (χ2v) is 10.7. The number of hydrogen-bond acceptors (Lipinski definition) is 4. The Kier molecular flexibility index (Phi) is 11.0. The fourth-order valence-electron chi connectivity index (χ4n) is 5.28. The maximum absolute atomic E-state index is 13.3. The minimum absolute atomic E-state index is 0.0819. The lowest BCUT2D eigenvalue weighted by Crippen LogP contribution is -2.52. The number of carbonyl (C=O) groups is 3. The van der Waals surface area contributed by atoms with E-state index >= 15 is 0 Å². The molecule has 0 aromatic carbocycles. The Morgan fingerprint density at radius 1 is 0.743 bits per heavy atom. The van der Waals surface area contributed by atoms with Crippen molar-refractivity contribution in [2.24, 2.45) is 5.92 Å². The smallest absolute Gasteiger partial charge is 0.253 e. The Labute approximate surface area is 210 Å². The molecule has 0 aliphatic heterocycles. The van der Waals surface area contributed by atoms with Gasteiger partial charge in [0.2, 0.25) is 5.91 Å². The Morgan fingerprint density at radius 2 is 1.26 bits per heavy atom. The van der Waals surface area contributed by atoms with Crippen LogP contribution in [-0.2, 0) is 4.79 Å². The summed E-state index contributed by atoms with van der Waals surface area (Å²) in [5.74, 6) is -0.911. The lowest BCUT2D eigenvalue weighted by Gasteiger charge is -2.27. The number of amides is 3. The van der Waals surface area contributed by atoms with E-state index in [0.717, 1.165) is 51.4 Å². The van der Waals surface area contributed by atoms with E-state index in [1.807, 2.05) is 13.8 Å². The van der Waals surface area contributed by atoms with Crippen LogP contribution in [0.1, 0.15) is 124 Å². The molecule has 0 saturated heterocycles. The SMILES string of the molecule is CC(C)[C@@H](NC(=O)c1ccncc1C(=O)NC1CCCCCCC1)C(=O)NC1CCCCCCC1. The van der Waals surface area contributed by atoms with E-state index in [4.69, 9.17) is 0 Å². The first-order valence-corrected chi connectivity index (χ1v) is 13.8. The molecule has 7 heteroatoms. The highest BCUT2D eigenvalue weighted by atomic mass is 16.2. The van der Waals surface area contributed by atoms with Gasteiger partial charge in [-0.15, -0.1) is 0 Å². The molecule has 0 radical (unpaired) electrons. The number of hydrogen-bond donors (Lipinski definition) is 3. The fraction of sp³-hybridized carbons (Fsp3) is 0.714. The second-order valence-electron chi connectivity index (χ2n) is 10.7. The minimum atomic E-state index is -0.664. The van der Waals surface area contributed by atoms with Gasteiger partial charge in [-0.2, -0.15) is 0 Å². The highest BCUT2D eigenvalue weighted by molar-refractivity contribution is 6.08. The molecular formula is C28H44N4O3. The fourth-order valence-corrected chi connectivity index (χ4v) is 5.28. The molecule has 3 amide bonds. The molecular weight excluding hydrogens is 440 g/mol. The molecule has 1 aromatic heterocycles. The number of pyridine rings is 1.